The topological polar surface area (TPSA) is 116 Å². The Morgan fingerprint density at radius 2 is 1.76 bits per heavy atom. The second kappa shape index (κ2) is 16.3. The minimum Gasteiger partial charge on any atom is -0.494 e. The molecule has 248 valence electrons. The number of aliphatic imine (C=N–C) groups is 2. The molecule has 11 heteroatoms. The van der Waals surface area contributed by atoms with Crippen molar-refractivity contribution in [2.45, 2.75) is 66.3 Å². The van der Waals surface area contributed by atoms with Crippen LogP contribution in [0.3, 0.4) is 0 Å². The summed E-state index contributed by atoms with van der Waals surface area (Å²) in [5.74, 6) is -2.51. The number of ether oxygens (including phenoxy) is 1. The first-order valence-electron chi connectivity index (χ1n) is 15.4. The van der Waals surface area contributed by atoms with Gasteiger partial charge in [0.05, 0.1) is 12.8 Å². The number of anilines is 1. The number of allylic oxidation sites excluding steroid dienone is 2. The molecule has 1 saturated heterocycles. The maximum Gasteiger partial charge on any atom is 0.323 e. The smallest absolute Gasteiger partial charge is 0.323 e. The number of amidine groups is 1. The Morgan fingerprint density at radius 1 is 1.09 bits per heavy atom. The van der Waals surface area contributed by atoms with E-state index in [0.717, 1.165) is 18.4 Å². The number of carbonyl (C=O) groups is 2. The van der Waals surface area contributed by atoms with Crippen LogP contribution < -0.4 is 15.4 Å². The molecule has 3 N–H and O–H groups in total. The van der Waals surface area contributed by atoms with E-state index in [9.17, 15) is 23.5 Å². The number of aliphatic carboxylic acids is 1. The summed E-state index contributed by atoms with van der Waals surface area (Å²) in [7, 11) is 1.28. The van der Waals surface area contributed by atoms with Crippen molar-refractivity contribution in [2.24, 2.45) is 15.9 Å². The molecule has 3 rings (SSSR count). The molecule has 2 aromatic carbocycles. The molecule has 0 saturated carbocycles. The summed E-state index contributed by atoms with van der Waals surface area (Å²) in [6.07, 6.45) is 7.10. The number of carboxylic acid groups (broad SMARTS) is 1. The molecule has 0 bridgehead atoms. The van der Waals surface area contributed by atoms with Crippen LogP contribution in [0.2, 0.25) is 0 Å². The van der Waals surface area contributed by atoms with E-state index >= 15 is 0 Å². The number of carbonyl (C=O) groups excluding carboxylic acids is 1. The van der Waals surface area contributed by atoms with Gasteiger partial charge < -0.3 is 20.5 Å². The van der Waals surface area contributed by atoms with Crippen LogP contribution in [-0.4, -0.2) is 65.7 Å². The van der Waals surface area contributed by atoms with E-state index in [1.807, 2.05) is 24.8 Å². The second-order valence-corrected chi connectivity index (χ2v) is 11.8. The Hall–Kier alpha value is -4.38. The van der Waals surface area contributed by atoms with Gasteiger partial charge in [0, 0.05) is 35.8 Å². The van der Waals surface area contributed by atoms with Gasteiger partial charge in [-0.3, -0.25) is 19.5 Å². The van der Waals surface area contributed by atoms with Gasteiger partial charge >= 0.3 is 5.97 Å². The quantitative estimate of drug-likeness (QED) is 0.176. The largest absolute Gasteiger partial charge is 0.494 e. The lowest BCUT2D eigenvalue weighted by atomic mass is 9.92. The van der Waals surface area contributed by atoms with E-state index in [4.69, 9.17) is 4.74 Å². The van der Waals surface area contributed by atoms with Gasteiger partial charge in [0.15, 0.2) is 17.4 Å². The van der Waals surface area contributed by atoms with Gasteiger partial charge in [0.25, 0.3) is 5.91 Å². The number of likely N-dealkylation sites (tertiary alicyclic amines) is 1. The highest BCUT2D eigenvalue weighted by Crippen LogP contribution is 2.27. The van der Waals surface area contributed by atoms with Crippen molar-refractivity contribution in [1.29, 1.82) is 0 Å². The Morgan fingerprint density at radius 3 is 2.37 bits per heavy atom. The van der Waals surface area contributed by atoms with Crippen LogP contribution >= 0.6 is 0 Å². The summed E-state index contributed by atoms with van der Waals surface area (Å²) >= 11 is 0. The van der Waals surface area contributed by atoms with E-state index in [2.05, 4.69) is 20.6 Å². The van der Waals surface area contributed by atoms with Crippen LogP contribution in [0, 0.1) is 17.6 Å². The highest BCUT2D eigenvalue weighted by molar-refractivity contribution is 6.45. The summed E-state index contributed by atoms with van der Waals surface area (Å²) in [6.45, 7) is 12.5. The molecule has 0 unspecified atom stereocenters. The van der Waals surface area contributed by atoms with Gasteiger partial charge in [-0.1, -0.05) is 13.0 Å². The second-order valence-electron chi connectivity index (χ2n) is 11.8. The standard InChI is InChI=1S/C35H45F2N5O4/c1-8-16-38-32(23(4)39-20-22(3)27-12-13-29(46-7)31(37)30(27)36)41-26-10-11-28(25(9-2)19-26)33(43)40-21-24-14-17-42(18-15-24)35(5,6)34(44)45/h8,10-13,16,19-20,24H,9,14-15,17-18,21H2,1-7H3,(H,38,41)(H,40,43)(H,44,45)/b16-8-,22-20+,39-23?. The van der Waals surface area contributed by atoms with Gasteiger partial charge in [-0.25, -0.2) is 9.38 Å². The van der Waals surface area contributed by atoms with Crippen molar-refractivity contribution in [2.75, 3.05) is 32.1 Å². The predicted molar refractivity (Wildman–Crippen MR) is 180 cm³/mol. The molecule has 2 aromatic rings. The Balaban J connectivity index is 1.71. The Labute approximate surface area is 270 Å². The molecular formula is C35H45F2N5O4. The molecule has 0 radical (unpaired) electrons. The lowest BCUT2D eigenvalue weighted by molar-refractivity contribution is -0.150. The maximum atomic E-state index is 14.6. The molecule has 0 aliphatic carbocycles. The lowest BCUT2D eigenvalue weighted by Crippen LogP contribution is -2.53. The maximum absolute atomic E-state index is 14.6. The van der Waals surface area contributed by atoms with Gasteiger partial charge in [0.2, 0.25) is 5.82 Å². The summed E-state index contributed by atoms with van der Waals surface area (Å²) < 4.78 is 33.7. The first-order chi connectivity index (χ1) is 21.8. The zero-order chi connectivity index (χ0) is 34.0. The van der Waals surface area contributed by atoms with Crippen molar-refractivity contribution in [3.05, 3.63) is 77.1 Å². The minimum atomic E-state index is -1.06. The van der Waals surface area contributed by atoms with Crippen molar-refractivity contribution in [1.82, 2.24) is 10.2 Å². The normalized spacial score (nSPS) is 15.7. The number of nitrogens with zero attached hydrogens (tertiary/aromatic N) is 3. The number of amides is 1. The number of methoxy groups -OCH3 is 1. The van der Waals surface area contributed by atoms with Crippen molar-refractivity contribution in [3.63, 3.8) is 0 Å². The summed E-state index contributed by atoms with van der Waals surface area (Å²) in [4.78, 5) is 35.7. The first-order valence-corrected chi connectivity index (χ1v) is 15.4. The van der Waals surface area contributed by atoms with E-state index < -0.39 is 23.1 Å². The molecule has 1 fully saturated rings. The first kappa shape index (κ1) is 36.1. The molecule has 0 spiro atoms. The molecule has 1 aliphatic heterocycles. The van der Waals surface area contributed by atoms with Gasteiger partial charge in [-0.05, 0) is 114 Å². The highest BCUT2D eigenvalue weighted by atomic mass is 19.2. The van der Waals surface area contributed by atoms with Gasteiger partial charge in [0.1, 0.15) is 5.54 Å². The molecule has 1 aliphatic rings. The molecule has 9 nitrogen and oxygen atoms in total. The molecule has 1 heterocycles. The lowest BCUT2D eigenvalue weighted by Gasteiger charge is -2.40. The Bertz CT molecular complexity index is 1540. The van der Waals surface area contributed by atoms with Crippen molar-refractivity contribution < 1.29 is 28.2 Å². The number of carboxylic acids is 1. The number of hydrogen-bond acceptors (Lipinski definition) is 6. The third-order valence-corrected chi connectivity index (χ3v) is 8.31. The van der Waals surface area contributed by atoms with E-state index in [0.29, 0.717) is 54.4 Å². The van der Waals surface area contributed by atoms with Crippen molar-refractivity contribution >= 4 is 34.7 Å². The van der Waals surface area contributed by atoms with Gasteiger partial charge in [-0.15, -0.1) is 0 Å². The molecule has 0 aromatic heterocycles. The summed E-state index contributed by atoms with van der Waals surface area (Å²) in [6, 6.07) is 8.29. The molecule has 1 amide bonds. The number of nitrogens with one attached hydrogen (secondary N) is 2. The number of aryl methyl sites for hydroxylation is 1. The SMILES string of the molecule is C/C=C\N=C(Nc1ccc(C(=O)NCC2CCN(C(C)(C)C(=O)O)CC2)c(CC)c1)C(C)=N/C=C(\C)c1ccc(OC)c(F)c1F. The average molecular weight is 638 g/mol. The zero-order valence-corrected chi connectivity index (χ0v) is 27.7. The Kier molecular flexibility index (Phi) is 12.8. The number of rotatable bonds is 12. The predicted octanol–water partition coefficient (Wildman–Crippen LogP) is 6.71. The van der Waals surface area contributed by atoms with Crippen molar-refractivity contribution in [3.8, 4) is 5.75 Å². The van der Waals surface area contributed by atoms with Crippen LogP contribution in [-0.2, 0) is 11.2 Å². The third kappa shape index (κ3) is 8.87. The van der Waals surface area contributed by atoms with Gasteiger partial charge in [-0.2, -0.15) is 4.39 Å². The fourth-order valence-corrected chi connectivity index (χ4v) is 5.17. The van der Waals surface area contributed by atoms with Crippen LogP contribution in [0.4, 0.5) is 14.5 Å². The fourth-order valence-electron chi connectivity index (χ4n) is 5.17. The monoisotopic (exact) mass is 637 g/mol. The molecule has 0 atom stereocenters. The number of benzene rings is 2. The third-order valence-electron chi connectivity index (χ3n) is 8.31. The number of piperidine rings is 1. The van der Waals surface area contributed by atoms with E-state index in [1.165, 1.54) is 25.4 Å². The minimum absolute atomic E-state index is 0.0730. The number of hydrogen-bond donors (Lipinski definition) is 3. The zero-order valence-electron chi connectivity index (χ0n) is 27.7. The van der Waals surface area contributed by atoms with Crippen LogP contribution in [0.1, 0.15) is 75.9 Å². The molecular weight excluding hydrogens is 592 g/mol. The highest BCUT2D eigenvalue weighted by Gasteiger charge is 2.36. The van der Waals surface area contributed by atoms with Crippen LogP contribution in [0.25, 0.3) is 5.57 Å². The van der Waals surface area contributed by atoms with E-state index in [-0.39, 0.29) is 23.1 Å². The fraction of sp³-hybridized carbons (Fsp3) is 0.429. The van der Waals surface area contributed by atoms with E-state index in [1.54, 1.807) is 52.1 Å². The number of halogens is 2. The molecule has 46 heavy (non-hydrogen) atoms. The van der Waals surface area contributed by atoms with Crippen LogP contribution in [0.15, 0.2) is 58.8 Å². The van der Waals surface area contributed by atoms with Crippen LogP contribution in [0.5, 0.6) is 5.75 Å². The summed E-state index contributed by atoms with van der Waals surface area (Å²) in [5.41, 5.74) is 2.24. The summed E-state index contributed by atoms with van der Waals surface area (Å²) in [5, 5.41) is 15.9. The average Bonchev–Trinajstić information content (AvgIpc) is 3.05.